The van der Waals surface area contributed by atoms with Crippen LogP contribution in [0.3, 0.4) is 0 Å². The van der Waals surface area contributed by atoms with E-state index in [0.29, 0.717) is 11.4 Å². The summed E-state index contributed by atoms with van der Waals surface area (Å²) in [7, 11) is 1.85. The fourth-order valence-corrected chi connectivity index (χ4v) is 2.55. The molecule has 1 atom stereocenters. The van der Waals surface area contributed by atoms with E-state index in [1.54, 1.807) is 10.9 Å². The third kappa shape index (κ3) is 2.80. The molecule has 0 bridgehead atoms. The molecule has 2 heterocycles. The number of hydrogen-bond donors (Lipinski definition) is 1. The molecule has 0 amide bonds. The maximum absolute atomic E-state index is 10.3. The first-order chi connectivity index (χ1) is 9.04. The van der Waals surface area contributed by atoms with E-state index in [1.807, 2.05) is 33.0 Å². The van der Waals surface area contributed by atoms with Crippen molar-refractivity contribution in [1.82, 2.24) is 14.8 Å². The van der Waals surface area contributed by atoms with Crippen LogP contribution in [0.2, 0.25) is 5.02 Å². The molecule has 0 aliphatic rings. The van der Waals surface area contributed by atoms with Gasteiger partial charge in [0.15, 0.2) is 0 Å². The highest BCUT2D eigenvalue weighted by atomic mass is 35.5. The van der Waals surface area contributed by atoms with Crippen LogP contribution >= 0.6 is 11.6 Å². The Morgan fingerprint density at radius 2 is 2.21 bits per heavy atom. The van der Waals surface area contributed by atoms with Gasteiger partial charge >= 0.3 is 0 Å². The maximum atomic E-state index is 10.3. The van der Waals surface area contributed by atoms with E-state index in [2.05, 4.69) is 10.1 Å². The van der Waals surface area contributed by atoms with Gasteiger partial charge in [-0.1, -0.05) is 24.6 Å². The van der Waals surface area contributed by atoms with Gasteiger partial charge in [-0.15, -0.1) is 0 Å². The zero-order valence-corrected chi connectivity index (χ0v) is 12.1. The fraction of sp³-hybridized carbons (Fsp3) is 0.429. The van der Waals surface area contributed by atoms with E-state index < -0.39 is 6.10 Å². The Hall–Kier alpha value is -1.39. The van der Waals surface area contributed by atoms with Crippen LogP contribution in [0.5, 0.6) is 0 Å². The van der Waals surface area contributed by atoms with E-state index >= 15 is 0 Å². The van der Waals surface area contributed by atoms with Crippen molar-refractivity contribution in [2.75, 3.05) is 0 Å². The van der Waals surface area contributed by atoms with Crippen molar-refractivity contribution in [1.29, 1.82) is 0 Å². The van der Waals surface area contributed by atoms with Crippen molar-refractivity contribution < 1.29 is 5.11 Å². The second kappa shape index (κ2) is 5.72. The van der Waals surface area contributed by atoms with Crippen molar-refractivity contribution in [3.63, 3.8) is 0 Å². The summed E-state index contributed by atoms with van der Waals surface area (Å²) in [5.74, 6) is 0. The van der Waals surface area contributed by atoms with E-state index in [4.69, 9.17) is 11.6 Å². The molecular weight excluding hydrogens is 262 g/mol. The van der Waals surface area contributed by atoms with Crippen molar-refractivity contribution in [3.8, 4) is 0 Å². The lowest BCUT2D eigenvalue weighted by Crippen LogP contribution is -2.08. The van der Waals surface area contributed by atoms with Crippen LogP contribution in [-0.2, 0) is 19.9 Å². The lowest BCUT2D eigenvalue weighted by atomic mass is 10.0. The zero-order valence-electron chi connectivity index (χ0n) is 11.4. The molecule has 2 aromatic rings. The molecule has 5 heteroatoms. The number of rotatable bonds is 4. The molecule has 0 saturated heterocycles. The third-order valence-electron chi connectivity index (χ3n) is 3.30. The van der Waals surface area contributed by atoms with E-state index in [9.17, 15) is 5.11 Å². The Labute approximate surface area is 118 Å². The van der Waals surface area contributed by atoms with Gasteiger partial charge in [-0.2, -0.15) is 5.10 Å². The quantitative estimate of drug-likeness (QED) is 0.936. The molecule has 1 unspecified atom stereocenters. The predicted octanol–water partition coefficient (Wildman–Crippen LogP) is 2.62. The topological polar surface area (TPSA) is 50.9 Å². The lowest BCUT2D eigenvalue weighted by molar-refractivity contribution is 0.174. The molecule has 2 aromatic heterocycles. The van der Waals surface area contributed by atoms with Gasteiger partial charge in [-0.25, -0.2) is 0 Å². The number of aliphatic hydroxyl groups is 1. The molecule has 0 spiro atoms. The summed E-state index contributed by atoms with van der Waals surface area (Å²) in [6, 6.07) is 3.71. The third-order valence-corrected chi connectivity index (χ3v) is 3.73. The van der Waals surface area contributed by atoms with Crippen LogP contribution in [0, 0.1) is 6.92 Å². The number of halogens is 1. The molecule has 0 aliphatic carbocycles. The molecule has 0 fully saturated rings. The SMILES string of the molecule is CCc1nn(C)c(CC(O)c2cccnc2C)c1Cl. The Bertz CT molecular complexity index is 580. The average molecular weight is 280 g/mol. The summed E-state index contributed by atoms with van der Waals surface area (Å²) in [6.45, 7) is 3.90. The van der Waals surface area contributed by atoms with E-state index in [1.165, 1.54) is 0 Å². The Morgan fingerprint density at radius 1 is 1.47 bits per heavy atom. The normalized spacial score (nSPS) is 12.7. The summed E-state index contributed by atoms with van der Waals surface area (Å²) >= 11 is 6.29. The minimum atomic E-state index is -0.619. The second-order valence-corrected chi connectivity index (χ2v) is 4.96. The van der Waals surface area contributed by atoms with Crippen LogP contribution in [0.1, 0.15) is 35.7 Å². The van der Waals surface area contributed by atoms with Crippen molar-refractivity contribution >= 4 is 11.6 Å². The average Bonchev–Trinajstić information content (AvgIpc) is 2.66. The Morgan fingerprint density at radius 3 is 2.79 bits per heavy atom. The highest BCUT2D eigenvalue weighted by Gasteiger charge is 2.18. The first-order valence-corrected chi connectivity index (χ1v) is 6.72. The first kappa shape index (κ1) is 14.0. The Balaban J connectivity index is 2.27. The van der Waals surface area contributed by atoms with Gasteiger partial charge in [-0.05, 0) is 19.4 Å². The lowest BCUT2D eigenvalue weighted by Gasteiger charge is -2.13. The highest BCUT2D eigenvalue weighted by Crippen LogP contribution is 2.26. The number of hydrogen-bond acceptors (Lipinski definition) is 3. The van der Waals surface area contributed by atoms with Gasteiger partial charge in [0.1, 0.15) is 0 Å². The zero-order chi connectivity index (χ0) is 14.0. The number of nitrogens with zero attached hydrogens (tertiary/aromatic N) is 3. The Kier molecular flexibility index (Phi) is 4.22. The number of pyridine rings is 1. The van der Waals surface area contributed by atoms with Gasteiger partial charge in [0, 0.05) is 30.9 Å². The molecule has 4 nitrogen and oxygen atoms in total. The summed E-state index contributed by atoms with van der Waals surface area (Å²) in [4.78, 5) is 4.19. The molecule has 0 saturated carbocycles. The molecule has 0 radical (unpaired) electrons. The first-order valence-electron chi connectivity index (χ1n) is 6.34. The minimum Gasteiger partial charge on any atom is -0.388 e. The summed E-state index contributed by atoms with van der Waals surface area (Å²) in [5.41, 5.74) is 3.39. The van der Waals surface area contributed by atoms with Gasteiger partial charge in [-0.3, -0.25) is 9.67 Å². The van der Waals surface area contributed by atoms with Crippen LogP contribution in [0.4, 0.5) is 0 Å². The van der Waals surface area contributed by atoms with Crippen molar-refractivity contribution in [2.45, 2.75) is 32.8 Å². The van der Waals surface area contributed by atoms with Crippen LogP contribution in [-0.4, -0.2) is 19.9 Å². The standard InChI is InChI=1S/C14H18ClN3O/c1-4-11-14(15)12(18(3)17-11)8-13(19)10-6-5-7-16-9(10)2/h5-7,13,19H,4,8H2,1-3H3. The van der Waals surface area contributed by atoms with Crippen LogP contribution in [0.25, 0.3) is 0 Å². The van der Waals surface area contributed by atoms with Gasteiger partial charge in [0.05, 0.1) is 22.5 Å². The summed E-state index contributed by atoms with van der Waals surface area (Å²) in [6.07, 6.45) is 2.33. The molecule has 0 aromatic carbocycles. The minimum absolute atomic E-state index is 0.439. The number of aryl methyl sites for hydroxylation is 3. The van der Waals surface area contributed by atoms with Crippen molar-refractivity contribution in [3.05, 3.63) is 46.0 Å². The van der Waals surface area contributed by atoms with E-state index in [-0.39, 0.29) is 0 Å². The van der Waals surface area contributed by atoms with Crippen molar-refractivity contribution in [2.24, 2.45) is 7.05 Å². The largest absolute Gasteiger partial charge is 0.388 e. The molecule has 1 N–H and O–H groups in total. The molecule has 102 valence electrons. The predicted molar refractivity (Wildman–Crippen MR) is 75.2 cm³/mol. The highest BCUT2D eigenvalue weighted by molar-refractivity contribution is 6.31. The smallest absolute Gasteiger partial charge is 0.0863 e. The van der Waals surface area contributed by atoms with Gasteiger partial charge in [0.25, 0.3) is 0 Å². The molecular formula is C14H18ClN3O. The van der Waals surface area contributed by atoms with E-state index in [0.717, 1.165) is 29.1 Å². The van der Waals surface area contributed by atoms with Gasteiger partial charge < -0.3 is 5.11 Å². The van der Waals surface area contributed by atoms with Gasteiger partial charge in [0.2, 0.25) is 0 Å². The molecule has 2 rings (SSSR count). The maximum Gasteiger partial charge on any atom is 0.0863 e. The molecule has 19 heavy (non-hydrogen) atoms. The second-order valence-electron chi connectivity index (χ2n) is 4.58. The monoisotopic (exact) mass is 279 g/mol. The van der Waals surface area contributed by atoms with Crippen LogP contribution < -0.4 is 0 Å². The number of aliphatic hydroxyl groups excluding tert-OH is 1. The summed E-state index contributed by atoms with van der Waals surface area (Å²) in [5, 5.41) is 15.4. The number of aromatic nitrogens is 3. The summed E-state index contributed by atoms with van der Waals surface area (Å²) < 4.78 is 1.75. The fourth-order valence-electron chi connectivity index (χ4n) is 2.18. The molecule has 0 aliphatic heterocycles. The van der Waals surface area contributed by atoms with Crippen LogP contribution in [0.15, 0.2) is 18.3 Å².